The van der Waals surface area contributed by atoms with Gasteiger partial charge in [0.15, 0.2) is 0 Å². The van der Waals surface area contributed by atoms with E-state index in [0.29, 0.717) is 0 Å². The fourth-order valence-electron chi connectivity index (χ4n) is 0.819. The summed E-state index contributed by atoms with van der Waals surface area (Å²) in [4.78, 5) is 18.6. The number of nitrogens with zero attached hydrogens (tertiary/aromatic N) is 5. The summed E-state index contributed by atoms with van der Waals surface area (Å²) >= 11 is 0. The van der Waals surface area contributed by atoms with Crippen molar-refractivity contribution < 1.29 is 0 Å². The first-order valence-corrected chi connectivity index (χ1v) is 5.25. The fourth-order valence-corrected chi connectivity index (χ4v) is 0.819. The number of pyridine rings is 1. The van der Waals surface area contributed by atoms with Gasteiger partial charge >= 0.3 is 0 Å². The smallest absolute Gasteiger partial charge is 0.115 e. The largest absolute Gasteiger partial charge is 0.265 e. The van der Waals surface area contributed by atoms with E-state index in [4.69, 9.17) is 0 Å². The molecule has 106 valence electrons. The lowest BCUT2D eigenvalue weighted by molar-refractivity contribution is 1.17. The molecular weight excluding hydrogens is 250 g/mol. The quantitative estimate of drug-likeness (QED) is 0.627. The molecule has 0 saturated heterocycles. The van der Waals surface area contributed by atoms with E-state index in [9.17, 15) is 0 Å². The average Bonchev–Trinajstić information content (AvgIpc) is 2.54. The van der Waals surface area contributed by atoms with Gasteiger partial charge in [-0.2, -0.15) is 0 Å². The average molecular weight is 271 g/mol. The van der Waals surface area contributed by atoms with Gasteiger partial charge in [0.25, 0.3) is 0 Å². The minimum atomic E-state index is 0. The molecule has 0 aliphatic heterocycles. The van der Waals surface area contributed by atoms with Gasteiger partial charge < -0.3 is 0 Å². The van der Waals surface area contributed by atoms with Gasteiger partial charge in [-0.3, -0.25) is 15.0 Å². The van der Waals surface area contributed by atoms with Gasteiger partial charge in [0.2, 0.25) is 0 Å². The van der Waals surface area contributed by atoms with Gasteiger partial charge in [-0.1, -0.05) is 20.9 Å². The third-order valence-electron chi connectivity index (χ3n) is 1.52. The number of hydrogen-bond acceptors (Lipinski definition) is 5. The van der Waals surface area contributed by atoms with Crippen molar-refractivity contribution in [2.75, 3.05) is 0 Å². The highest BCUT2D eigenvalue weighted by Crippen LogP contribution is 1.73. The standard InChI is InChI=1S/C5H5N.2C4H4N2.2CH4/c1-2-4-6-5-3-1;1-2-6-4-3-5-1;1-2-5-4-6-3-1;;/h1-5H;2*1-4H;2*1H4. The highest BCUT2D eigenvalue weighted by atomic mass is 14.8. The van der Waals surface area contributed by atoms with Crippen molar-refractivity contribution in [2.45, 2.75) is 14.9 Å². The zero-order chi connectivity index (χ0) is 12.7. The molecule has 0 saturated carbocycles. The Morgan fingerprint density at radius 3 is 0.900 bits per heavy atom. The molecule has 0 unspecified atom stereocenters. The number of aromatic nitrogens is 5. The minimum absolute atomic E-state index is 0. The maximum atomic E-state index is 3.78. The monoisotopic (exact) mass is 271 g/mol. The first kappa shape index (κ1) is 19.6. The van der Waals surface area contributed by atoms with Crippen LogP contribution in [0.1, 0.15) is 14.9 Å². The van der Waals surface area contributed by atoms with Gasteiger partial charge in [-0.05, 0) is 18.2 Å². The zero-order valence-corrected chi connectivity index (χ0v) is 9.74. The van der Waals surface area contributed by atoms with E-state index < -0.39 is 0 Å². The zero-order valence-electron chi connectivity index (χ0n) is 9.74. The molecule has 3 aromatic heterocycles. The van der Waals surface area contributed by atoms with Gasteiger partial charge in [0.05, 0.1) is 0 Å². The first-order valence-electron chi connectivity index (χ1n) is 5.25. The Kier molecular flexibility index (Phi) is 16.0. The van der Waals surface area contributed by atoms with Crippen molar-refractivity contribution >= 4 is 0 Å². The second-order valence-electron chi connectivity index (χ2n) is 2.82. The Morgan fingerprint density at radius 1 is 0.350 bits per heavy atom. The fraction of sp³-hybridized carbons (Fsp3) is 0.133. The molecule has 0 amide bonds. The van der Waals surface area contributed by atoms with Crippen molar-refractivity contribution in [3.63, 3.8) is 0 Å². The third kappa shape index (κ3) is 13.4. The topological polar surface area (TPSA) is 64.5 Å². The van der Waals surface area contributed by atoms with Crippen LogP contribution in [-0.4, -0.2) is 24.9 Å². The van der Waals surface area contributed by atoms with Crippen molar-refractivity contribution in [1.29, 1.82) is 0 Å². The van der Waals surface area contributed by atoms with Crippen LogP contribution in [0.5, 0.6) is 0 Å². The van der Waals surface area contributed by atoms with Crippen molar-refractivity contribution in [3.8, 4) is 0 Å². The predicted octanol–water partition coefficient (Wildman–Crippen LogP) is 3.31. The lowest BCUT2D eigenvalue weighted by Gasteiger charge is -1.70. The molecule has 5 heteroatoms. The van der Waals surface area contributed by atoms with Crippen LogP contribution in [0.15, 0.2) is 80.2 Å². The SMILES string of the molecule is C.C.c1ccncc1.c1cnccn1.c1cncnc1. The van der Waals surface area contributed by atoms with Gasteiger partial charge in [-0.15, -0.1) is 0 Å². The molecule has 0 aromatic carbocycles. The Morgan fingerprint density at radius 2 is 0.750 bits per heavy atom. The Bertz CT molecular complexity index is 307. The van der Waals surface area contributed by atoms with E-state index in [0.717, 1.165) is 0 Å². The van der Waals surface area contributed by atoms with Crippen molar-refractivity contribution in [3.05, 3.63) is 80.2 Å². The highest BCUT2D eigenvalue weighted by molar-refractivity contribution is 4.88. The lowest BCUT2D eigenvalue weighted by atomic mass is 10.5. The molecular formula is C15H21N5. The summed E-state index contributed by atoms with van der Waals surface area (Å²) < 4.78 is 0. The normalized spacial score (nSPS) is 7.20. The van der Waals surface area contributed by atoms with Gasteiger partial charge in [0.1, 0.15) is 6.33 Å². The summed E-state index contributed by atoms with van der Waals surface area (Å²) in [5.74, 6) is 0. The minimum Gasteiger partial charge on any atom is -0.265 e. The van der Waals surface area contributed by atoms with Crippen molar-refractivity contribution in [2.24, 2.45) is 0 Å². The molecule has 0 atom stereocenters. The first-order chi connectivity index (χ1) is 9.00. The van der Waals surface area contributed by atoms with Gasteiger partial charge in [0, 0.05) is 49.6 Å². The molecule has 0 bridgehead atoms. The predicted molar refractivity (Wildman–Crippen MR) is 81.8 cm³/mol. The Hall–Kier alpha value is -2.69. The maximum Gasteiger partial charge on any atom is 0.115 e. The van der Waals surface area contributed by atoms with Crippen LogP contribution in [0.3, 0.4) is 0 Å². The summed E-state index contributed by atoms with van der Waals surface area (Å²) in [5.41, 5.74) is 0. The van der Waals surface area contributed by atoms with Crippen LogP contribution in [0, 0.1) is 0 Å². The summed E-state index contributed by atoms with van der Waals surface area (Å²) in [6.45, 7) is 0. The van der Waals surface area contributed by atoms with E-state index in [2.05, 4.69) is 24.9 Å². The molecule has 0 spiro atoms. The summed E-state index contributed by atoms with van der Waals surface area (Å²) in [6, 6.07) is 7.49. The summed E-state index contributed by atoms with van der Waals surface area (Å²) in [6.07, 6.45) is 14.9. The highest BCUT2D eigenvalue weighted by Gasteiger charge is 1.60. The summed E-state index contributed by atoms with van der Waals surface area (Å²) in [5, 5.41) is 0. The summed E-state index contributed by atoms with van der Waals surface area (Å²) in [7, 11) is 0. The third-order valence-corrected chi connectivity index (χ3v) is 1.52. The molecule has 0 aliphatic rings. The van der Waals surface area contributed by atoms with Crippen molar-refractivity contribution in [1.82, 2.24) is 24.9 Å². The van der Waals surface area contributed by atoms with Crippen LogP contribution >= 0.6 is 0 Å². The van der Waals surface area contributed by atoms with E-state index in [1.165, 1.54) is 6.33 Å². The van der Waals surface area contributed by atoms with E-state index in [1.807, 2.05) is 18.2 Å². The van der Waals surface area contributed by atoms with Gasteiger partial charge in [-0.25, -0.2) is 9.97 Å². The molecule has 0 radical (unpaired) electrons. The maximum absolute atomic E-state index is 3.78. The number of hydrogen-bond donors (Lipinski definition) is 0. The van der Waals surface area contributed by atoms with E-state index in [-0.39, 0.29) is 14.9 Å². The van der Waals surface area contributed by atoms with Crippen LogP contribution in [0.25, 0.3) is 0 Å². The van der Waals surface area contributed by atoms with Crippen LogP contribution in [-0.2, 0) is 0 Å². The lowest BCUT2D eigenvalue weighted by Crippen LogP contribution is -1.66. The van der Waals surface area contributed by atoms with Crippen LogP contribution in [0.4, 0.5) is 0 Å². The van der Waals surface area contributed by atoms with Crippen LogP contribution in [0.2, 0.25) is 0 Å². The molecule has 0 N–H and O–H groups in total. The Labute approximate surface area is 120 Å². The molecule has 0 fully saturated rings. The molecule has 0 aliphatic carbocycles. The Balaban J connectivity index is 0. The van der Waals surface area contributed by atoms with E-state index >= 15 is 0 Å². The second kappa shape index (κ2) is 16.3. The second-order valence-corrected chi connectivity index (χ2v) is 2.82. The molecule has 20 heavy (non-hydrogen) atoms. The van der Waals surface area contributed by atoms with E-state index in [1.54, 1.807) is 55.6 Å². The molecule has 3 heterocycles. The van der Waals surface area contributed by atoms with Crippen LogP contribution < -0.4 is 0 Å². The number of rotatable bonds is 0. The molecule has 5 nitrogen and oxygen atoms in total. The molecule has 3 rings (SSSR count). The molecule has 3 aromatic rings.